The molecule has 15 heavy (non-hydrogen) atoms. The van der Waals surface area contributed by atoms with Gasteiger partial charge in [0, 0.05) is 19.3 Å². The largest absolute Gasteiger partial charge is 0.393 e. The Morgan fingerprint density at radius 3 is 2.93 bits per heavy atom. The van der Waals surface area contributed by atoms with Gasteiger partial charge in [-0.1, -0.05) is 6.58 Å². The Labute approximate surface area is 89.3 Å². The number of hydrogen-bond donors (Lipinski definition) is 1. The minimum absolute atomic E-state index is 0.153. The monoisotopic (exact) mass is 205 g/mol. The molecule has 1 aromatic heterocycles. The molecule has 4 heteroatoms. The Morgan fingerprint density at radius 2 is 2.33 bits per heavy atom. The normalized spacial score (nSPS) is 24.4. The van der Waals surface area contributed by atoms with Crippen molar-refractivity contribution < 1.29 is 5.11 Å². The lowest BCUT2D eigenvalue weighted by Gasteiger charge is -2.38. The summed E-state index contributed by atoms with van der Waals surface area (Å²) in [5, 5.41) is 9.23. The Morgan fingerprint density at radius 1 is 1.60 bits per heavy atom. The smallest absolute Gasteiger partial charge is 0.225 e. The van der Waals surface area contributed by atoms with Gasteiger partial charge in [-0.05, 0) is 25.0 Å². The van der Waals surface area contributed by atoms with Gasteiger partial charge < -0.3 is 10.0 Å². The maximum atomic E-state index is 9.23. The van der Waals surface area contributed by atoms with Gasteiger partial charge in [0.05, 0.1) is 11.8 Å². The molecular formula is C11H15N3O. The van der Waals surface area contributed by atoms with Gasteiger partial charge in [0.25, 0.3) is 0 Å². The number of aliphatic hydroxyl groups excluding tert-OH is 1. The first-order valence-corrected chi connectivity index (χ1v) is 5.07. The van der Waals surface area contributed by atoms with Crippen LogP contribution in [0.2, 0.25) is 0 Å². The quantitative estimate of drug-likeness (QED) is 0.802. The van der Waals surface area contributed by atoms with Gasteiger partial charge in [0.1, 0.15) is 0 Å². The molecule has 1 fully saturated rings. The van der Waals surface area contributed by atoms with E-state index in [1.54, 1.807) is 12.3 Å². The zero-order valence-corrected chi connectivity index (χ0v) is 8.80. The maximum Gasteiger partial charge on any atom is 0.225 e. The van der Waals surface area contributed by atoms with Crippen molar-refractivity contribution >= 4 is 12.0 Å². The lowest BCUT2D eigenvalue weighted by atomic mass is 9.88. The van der Waals surface area contributed by atoms with Gasteiger partial charge in [-0.2, -0.15) is 0 Å². The summed E-state index contributed by atoms with van der Waals surface area (Å²) in [5.41, 5.74) is 0.826. The summed E-state index contributed by atoms with van der Waals surface area (Å²) < 4.78 is 0. The number of rotatable bonds is 3. The van der Waals surface area contributed by atoms with Gasteiger partial charge >= 0.3 is 0 Å². The van der Waals surface area contributed by atoms with Crippen LogP contribution in [0.5, 0.6) is 0 Å². The van der Waals surface area contributed by atoms with E-state index in [1.165, 1.54) is 0 Å². The Balaban J connectivity index is 2.11. The molecule has 0 atom stereocenters. The van der Waals surface area contributed by atoms with Crippen molar-refractivity contribution in [2.24, 2.45) is 0 Å². The van der Waals surface area contributed by atoms with Crippen molar-refractivity contribution in [2.75, 3.05) is 11.9 Å². The van der Waals surface area contributed by atoms with Crippen LogP contribution in [0.4, 0.5) is 5.95 Å². The van der Waals surface area contributed by atoms with Crippen molar-refractivity contribution in [1.82, 2.24) is 9.97 Å². The van der Waals surface area contributed by atoms with E-state index in [4.69, 9.17) is 0 Å². The van der Waals surface area contributed by atoms with Crippen LogP contribution in [0.3, 0.4) is 0 Å². The highest BCUT2D eigenvalue weighted by Gasteiger charge is 2.31. The first-order valence-electron chi connectivity index (χ1n) is 5.07. The highest BCUT2D eigenvalue weighted by Crippen LogP contribution is 2.26. The molecule has 1 aliphatic rings. The number of aliphatic hydroxyl groups is 1. The van der Waals surface area contributed by atoms with Crippen LogP contribution in [-0.4, -0.2) is 34.3 Å². The van der Waals surface area contributed by atoms with Crippen molar-refractivity contribution in [2.45, 2.75) is 25.0 Å². The topological polar surface area (TPSA) is 49.2 Å². The molecule has 0 radical (unpaired) electrons. The summed E-state index contributed by atoms with van der Waals surface area (Å²) in [4.78, 5) is 10.5. The van der Waals surface area contributed by atoms with E-state index in [1.807, 2.05) is 18.0 Å². The van der Waals surface area contributed by atoms with Crippen LogP contribution in [-0.2, 0) is 0 Å². The van der Waals surface area contributed by atoms with E-state index < -0.39 is 0 Å². The number of nitrogens with zero attached hydrogens (tertiary/aromatic N) is 3. The standard InChI is InChI=1S/C11H15N3O/c1-3-8-4-5-12-11(13-8)14(2)9-6-10(15)7-9/h3-5,9-10,15H,1,6-7H2,2H3. The van der Waals surface area contributed by atoms with E-state index in [9.17, 15) is 5.11 Å². The summed E-state index contributed by atoms with van der Waals surface area (Å²) in [6.07, 6.45) is 4.88. The predicted octanol–water partition coefficient (Wildman–Crippen LogP) is 1.08. The molecule has 1 heterocycles. The molecule has 0 spiro atoms. The third-order valence-corrected chi connectivity index (χ3v) is 2.83. The van der Waals surface area contributed by atoms with Crippen molar-refractivity contribution in [1.29, 1.82) is 0 Å². The SMILES string of the molecule is C=Cc1ccnc(N(C)C2CC(O)C2)n1. The molecule has 0 saturated heterocycles. The Bertz CT molecular complexity index is 361. The minimum atomic E-state index is -0.153. The summed E-state index contributed by atoms with van der Waals surface area (Å²) in [6.45, 7) is 3.67. The van der Waals surface area contributed by atoms with Crippen LogP contribution in [0.15, 0.2) is 18.8 Å². The van der Waals surface area contributed by atoms with Crippen LogP contribution < -0.4 is 4.90 Å². The van der Waals surface area contributed by atoms with Gasteiger partial charge in [-0.3, -0.25) is 0 Å². The van der Waals surface area contributed by atoms with Gasteiger partial charge in [-0.25, -0.2) is 9.97 Å². The Kier molecular flexibility index (Phi) is 2.68. The molecule has 2 rings (SSSR count). The summed E-state index contributed by atoms with van der Waals surface area (Å²) in [6, 6.07) is 2.18. The molecule has 4 nitrogen and oxygen atoms in total. The van der Waals surface area contributed by atoms with E-state index in [-0.39, 0.29) is 6.10 Å². The fourth-order valence-corrected chi connectivity index (χ4v) is 1.68. The lowest BCUT2D eigenvalue weighted by molar-refractivity contribution is 0.0746. The first-order chi connectivity index (χ1) is 7.20. The second-order valence-corrected chi connectivity index (χ2v) is 3.88. The third-order valence-electron chi connectivity index (χ3n) is 2.83. The van der Waals surface area contributed by atoms with Gasteiger partial charge in [0.15, 0.2) is 0 Å². The fourth-order valence-electron chi connectivity index (χ4n) is 1.68. The average Bonchev–Trinajstić information content (AvgIpc) is 2.24. The van der Waals surface area contributed by atoms with Crippen molar-refractivity contribution in [3.8, 4) is 0 Å². The summed E-state index contributed by atoms with van der Waals surface area (Å²) in [7, 11) is 1.96. The molecule has 1 aromatic rings. The Hall–Kier alpha value is -1.42. The fraction of sp³-hybridized carbons (Fsp3) is 0.455. The maximum absolute atomic E-state index is 9.23. The molecule has 0 aromatic carbocycles. The number of anilines is 1. The number of aromatic nitrogens is 2. The van der Waals surface area contributed by atoms with Crippen LogP contribution in [0.1, 0.15) is 18.5 Å². The van der Waals surface area contributed by atoms with Crippen LogP contribution in [0, 0.1) is 0 Å². The number of hydrogen-bond acceptors (Lipinski definition) is 4. The molecule has 1 aliphatic carbocycles. The highest BCUT2D eigenvalue weighted by molar-refractivity contribution is 5.44. The van der Waals surface area contributed by atoms with Crippen molar-refractivity contribution in [3.63, 3.8) is 0 Å². The second kappa shape index (κ2) is 3.98. The molecule has 1 saturated carbocycles. The minimum Gasteiger partial charge on any atom is -0.393 e. The van der Waals surface area contributed by atoms with Crippen molar-refractivity contribution in [3.05, 3.63) is 24.5 Å². The van der Waals surface area contributed by atoms with Crippen LogP contribution in [0.25, 0.3) is 6.08 Å². The average molecular weight is 205 g/mol. The molecule has 80 valence electrons. The lowest BCUT2D eigenvalue weighted by Crippen LogP contribution is -2.46. The van der Waals surface area contributed by atoms with E-state index in [2.05, 4.69) is 16.5 Å². The molecular weight excluding hydrogens is 190 g/mol. The third kappa shape index (κ3) is 1.99. The molecule has 0 aliphatic heterocycles. The summed E-state index contributed by atoms with van der Waals surface area (Å²) in [5.74, 6) is 0.698. The first kappa shape index (κ1) is 10.1. The zero-order valence-electron chi connectivity index (χ0n) is 8.80. The van der Waals surface area contributed by atoms with Gasteiger partial charge in [-0.15, -0.1) is 0 Å². The molecule has 0 bridgehead atoms. The van der Waals surface area contributed by atoms with E-state index >= 15 is 0 Å². The van der Waals surface area contributed by atoms with Gasteiger partial charge in [0.2, 0.25) is 5.95 Å². The molecule has 1 N–H and O–H groups in total. The van der Waals surface area contributed by atoms with E-state index in [0.29, 0.717) is 12.0 Å². The highest BCUT2D eigenvalue weighted by atomic mass is 16.3. The van der Waals surface area contributed by atoms with E-state index in [0.717, 1.165) is 18.5 Å². The van der Waals surface area contributed by atoms with Crippen LogP contribution >= 0.6 is 0 Å². The molecule has 0 unspecified atom stereocenters. The molecule has 0 amide bonds. The predicted molar refractivity (Wildman–Crippen MR) is 59.6 cm³/mol. The second-order valence-electron chi connectivity index (χ2n) is 3.88. The zero-order chi connectivity index (χ0) is 10.8. The summed E-state index contributed by atoms with van der Waals surface area (Å²) >= 11 is 0.